The summed E-state index contributed by atoms with van der Waals surface area (Å²) in [6.07, 6.45) is 0. The summed E-state index contributed by atoms with van der Waals surface area (Å²) in [5, 5.41) is 77.9. The fourth-order valence-electron chi connectivity index (χ4n) is 1.44. The molecule has 0 amide bonds. The summed E-state index contributed by atoms with van der Waals surface area (Å²) in [5.74, 6) is -6.12. The van der Waals surface area contributed by atoms with Crippen LogP contribution in [0.4, 0.5) is 0 Å². The molecule has 0 aliphatic rings. The smallest absolute Gasteiger partial charge is 1.00 e. The number of rotatable bonds is 11. The maximum atomic E-state index is 10.4. The summed E-state index contributed by atoms with van der Waals surface area (Å²) in [4.78, 5) is 51.7. The molecule has 0 rings (SSSR count). The van der Waals surface area contributed by atoms with E-state index in [2.05, 4.69) is 0 Å². The van der Waals surface area contributed by atoms with Gasteiger partial charge in [0.15, 0.2) is 0 Å². The van der Waals surface area contributed by atoms with E-state index >= 15 is 0 Å². The molecule has 20 nitrogen and oxygen atoms in total. The van der Waals surface area contributed by atoms with Crippen LogP contribution in [-0.2, 0) is 36.2 Å². The standard InChI is InChI=1S/C10H16N2O8.BH3O3.BrH.Fe.K.NO3.H3N.Na.2H2O/c13-7(14)3-11(4-8(15)16)1-2-12(5-9(17)18)6-10(19)20;2-1(3)4;;;;2-1(3)4;;;;/h1-6H2,(H,13,14)(H,15,16)(H,17,18)(H,19,20);2-4H;1H;;;;1H3;;2*1H2/q;;;+3;+1;-1;;+1;;/p-4. The van der Waals surface area contributed by atoms with E-state index in [1.165, 1.54) is 0 Å². The van der Waals surface area contributed by atoms with E-state index in [1.807, 2.05) is 0 Å². The molecular weight excluding hydrogens is 641 g/mol. The fourth-order valence-corrected chi connectivity index (χ4v) is 1.44. The van der Waals surface area contributed by atoms with Gasteiger partial charge in [-0.1, -0.05) is 0 Å². The normalized spacial score (nSPS) is 7.57. The van der Waals surface area contributed by atoms with Gasteiger partial charge in [-0.2, -0.15) is 0 Å². The van der Waals surface area contributed by atoms with Crippen LogP contribution in [0.1, 0.15) is 0 Å². The molecule has 0 aromatic rings. The minimum Gasteiger partial charge on any atom is -1.00 e. The molecule has 1 radical (unpaired) electrons. The van der Waals surface area contributed by atoms with Gasteiger partial charge in [-0.3, -0.25) is 9.80 Å². The summed E-state index contributed by atoms with van der Waals surface area (Å²) < 4.78 is 0. The Hall–Kier alpha value is 0.461. The summed E-state index contributed by atoms with van der Waals surface area (Å²) in [5.41, 5.74) is 0. The third-order valence-electron chi connectivity index (χ3n) is 2.14. The van der Waals surface area contributed by atoms with E-state index < -0.39 is 62.5 Å². The number of hydrogen-bond acceptors (Lipinski definition) is 16. The molecule has 0 heterocycles. The van der Waals surface area contributed by atoms with Crippen molar-refractivity contribution in [2.24, 2.45) is 0 Å². The molecule has 0 aliphatic carbocycles. The quantitative estimate of drug-likeness (QED) is 0.0905. The number of carbonyl (C=O) groups excluding carboxylic acids is 4. The number of carboxylic acids is 4. The Morgan fingerprint density at radius 2 is 0.829 bits per heavy atom. The van der Waals surface area contributed by atoms with Gasteiger partial charge in [-0.25, -0.2) is 0 Å². The second-order valence-electron chi connectivity index (χ2n) is 4.48. The average molecular weight is 664 g/mol. The summed E-state index contributed by atoms with van der Waals surface area (Å²) in [7, 11) is -2.17. The molecule has 0 aliphatic heterocycles. The van der Waals surface area contributed by atoms with Crippen LogP contribution in [0.5, 0.6) is 0 Å². The minimum absolute atomic E-state index is 0. The molecular formula is C10H23BBrFeKN4NaO16. The van der Waals surface area contributed by atoms with Gasteiger partial charge in [0.05, 0.1) is 29.0 Å². The largest absolute Gasteiger partial charge is 3.00 e. The Kier molecular flexibility index (Phi) is 77.2. The predicted molar refractivity (Wildman–Crippen MR) is 88.9 cm³/mol. The van der Waals surface area contributed by atoms with Crippen molar-refractivity contribution in [1.82, 2.24) is 16.0 Å². The number of nitrogens with zero attached hydrogens (tertiary/aromatic N) is 3. The number of aliphatic carboxylic acids is 4. The maximum Gasteiger partial charge on any atom is 3.00 e. The van der Waals surface area contributed by atoms with Gasteiger partial charge in [0.2, 0.25) is 0 Å². The average Bonchev–Trinajstić information content (AvgIpc) is 2.40. The zero-order valence-electron chi connectivity index (χ0n) is 18.7. The van der Waals surface area contributed by atoms with Crippen LogP contribution in [-0.4, -0.2) is 111 Å². The molecule has 11 N–H and O–H groups in total. The van der Waals surface area contributed by atoms with Gasteiger partial charge < -0.3 is 104 Å². The number of halogens is 1. The number of carbonyl (C=O) groups is 4. The van der Waals surface area contributed by atoms with Crippen LogP contribution in [0, 0.1) is 15.3 Å². The van der Waals surface area contributed by atoms with E-state index in [0.29, 0.717) is 0 Å². The van der Waals surface area contributed by atoms with Gasteiger partial charge in [-0.15, -0.1) is 0 Å². The third-order valence-corrected chi connectivity index (χ3v) is 2.14. The van der Waals surface area contributed by atoms with E-state index in [-0.39, 0.29) is 145 Å². The Bertz CT molecular complexity index is 472. The van der Waals surface area contributed by atoms with Gasteiger partial charge in [-0.05, 0) is 0 Å². The van der Waals surface area contributed by atoms with Gasteiger partial charge in [0.1, 0.15) is 0 Å². The zero-order chi connectivity index (χ0) is 22.9. The molecule has 35 heavy (non-hydrogen) atoms. The second-order valence-corrected chi connectivity index (χ2v) is 4.48. The van der Waals surface area contributed by atoms with Gasteiger partial charge in [0, 0.05) is 39.3 Å². The fraction of sp³-hybridized carbons (Fsp3) is 0.600. The summed E-state index contributed by atoms with van der Waals surface area (Å²) in [6.45, 7) is -3.25. The Morgan fingerprint density at radius 3 is 0.914 bits per heavy atom. The molecule has 25 heteroatoms. The van der Waals surface area contributed by atoms with Crippen LogP contribution >= 0.6 is 0 Å². The van der Waals surface area contributed by atoms with E-state index in [1.54, 1.807) is 0 Å². The van der Waals surface area contributed by atoms with Crippen molar-refractivity contribution >= 4 is 31.2 Å². The molecule has 0 bridgehead atoms. The van der Waals surface area contributed by atoms with Crippen LogP contribution in [0.15, 0.2) is 0 Å². The molecule has 0 aromatic carbocycles. The molecule has 0 aromatic heterocycles. The minimum atomic E-state index is -2.17. The van der Waals surface area contributed by atoms with E-state index in [9.17, 15) is 39.6 Å². The Morgan fingerprint density at radius 1 is 0.714 bits per heavy atom. The number of hydrogen-bond donors (Lipinski definition) is 4. The zero-order valence-corrected chi connectivity index (χ0v) is 26.5. The topological polar surface area (TPSA) is 393 Å². The molecule has 0 fully saturated rings. The summed E-state index contributed by atoms with van der Waals surface area (Å²) in [6, 6.07) is 0. The first-order valence-corrected chi connectivity index (χ1v) is 6.77. The second kappa shape index (κ2) is 41.6. The molecule has 0 atom stereocenters. The van der Waals surface area contributed by atoms with Gasteiger partial charge in [0.25, 0.3) is 0 Å². The van der Waals surface area contributed by atoms with Crippen LogP contribution in [0.2, 0.25) is 0 Å². The molecule has 0 saturated carbocycles. The van der Waals surface area contributed by atoms with Crippen molar-refractivity contribution in [3.05, 3.63) is 15.3 Å². The molecule has 0 saturated heterocycles. The first-order valence-electron chi connectivity index (χ1n) is 6.77. The van der Waals surface area contributed by atoms with Crippen molar-refractivity contribution in [3.63, 3.8) is 0 Å². The maximum absolute atomic E-state index is 10.4. The summed E-state index contributed by atoms with van der Waals surface area (Å²) >= 11 is 0. The Labute approximate surface area is 284 Å². The Balaban J connectivity index is -0.0000000456. The monoisotopic (exact) mass is 663 g/mol. The first-order chi connectivity index (χ1) is 12.7. The molecule has 0 unspecified atom stereocenters. The SMILES string of the molecule is O.O.O=C([O-])CN(CCN(CC(=O)[O-])CC(=O)[O-])CC(=O)[O-].O=[N+]([O-])[O-].OB(O)O.[Br-].[Fe+3].[K+].[NH4+].[Na+]. The number of quaternary nitrogens is 1. The van der Waals surface area contributed by atoms with Crippen molar-refractivity contribution in [3.8, 4) is 0 Å². The van der Waals surface area contributed by atoms with Crippen molar-refractivity contribution in [2.45, 2.75) is 0 Å². The van der Waals surface area contributed by atoms with E-state index in [4.69, 9.17) is 30.4 Å². The number of carboxylic acid groups (broad SMARTS) is 4. The van der Waals surface area contributed by atoms with Crippen LogP contribution in [0.3, 0.4) is 0 Å². The van der Waals surface area contributed by atoms with E-state index in [0.717, 1.165) is 9.80 Å². The van der Waals surface area contributed by atoms with Crippen LogP contribution in [0.25, 0.3) is 0 Å². The van der Waals surface area contributed by atoms with Crippen molar-refractivity contribution < 1.29 is 186 Å². The van der Waals surface area contributed by atoms with Crippen molar-refractivity contribution in [2.75, 3.05) is 39.3 Å². The third kappa shape index (κ3) is 78.8. The van der Waals surface area contributed by atoms with Crippen molar-refractivity contribution in [1.29, 1.82) is 0 Å². The van der Waals surface area contributed by atoms with Crippen LogP contribution < -0.4 is 124 Å². The molecule has 199 valence electrons. The first kappa shape index (κ1) is 65.0. The predicted octanol–water partition coefficient (Wildman–Crippen LogP) is -20.0. The molecule has 0 spiro atoms. The van der Waals surface area contributed by atoms with Gasteiger partial charge >= 0.3 is 105 Å².